The number of nitrogens with one attached hydrogen (secondary N) is 1. The van der Waals surface area contributed by atoms with E-state index < -0.39 is 0 Å². The van der Waals surface area contributed by atoms with Crippen molar-refractivity contribution in [1.29, 1.82) is 0 Å². The van der Waals surface area contributed by atoms with Crippen molar-refractivity contribution in [2.24, 2.45) is 5.10 Å². The highest BCUT2D eigenvalue weighted by atomic mass is 79.9. The van der Waals surface area contributed by atoms with Crippen molar-refractivity contribution in [2.75, 3.05) is 0 Å². The van der Waals surface area contributed by atoms with Crippen LogP contribution in [-0.2, 0) is 17.8 Å². The quantitative estimate of drug-likeness (QED) is 0.323. The van der Waals surface area contributed by atoms with Crippen LogP contribution >= 0.6 is 15.9 Å². The Hall–Kier alpha value is -3.18. The molecule has 1 N–H and O–H groups in total. The lowest BCUT2D eigenvalue weighted by Gasteiger charge is -2.05. The molecule has 0 aliphatic rings. The van der Waals surface area contributed by atoms with Gasteiger partial charge in [0.1, 0.15) is 0 Å². The van der Waals surface area contributed by atoms with E-state index in [1.807, 2.05) is 54.6 Å². The fraction of sp³-hybridized carbons (Fsp3) is 0.0833. The van der Waals surface area contributed by atoms with Crippen LogP contribution in [-0.4, -0.2) is 16.7 Å². The van der Waals surface area contributed by atoms with Gasteiger partial charge in [-0.25, -0.2) is 5.43 Å². The summed E-state index contributed by atoms with van der Waals surface area (Å²) in [6.45, 7) is 0.783. The van der Waals surface area contributed by atoms with Gasteiger partial charge in [0.05, 0.1) is 12.6 Å². The summed E-state index contributed by atoms with van der Waals surface area (Å²) >= 11 is 3.40. The van der Waals surface area contributed by atoms with Gasteiger partial charge in [-0.1, -0.05) is 76.6 Å². The molecule has 1 aromatic heterocycles. The van der Waals surface area contributed by atoms with Crippen molar-refractivity contribution < 1.29 is 4.79 Å². The predicted octanol–water partition coefficient (Wildman–Crippen LogP) is 5.14. The van der Waals surface area contributed by atoms with E-state index in [0.717, 1.165) is 33.0 Å². The van der Waals surface area contributed by atoms with Gasteiger partial charge in [0, 0.05) is 33.7 Å². The molecule has 4 aromatic rings. The summed E-state index contributed by atoms with van der Waals surface area (Å²) in [6.07, 6.45) is 4.08. The lowest BCUT2D eigenvalue weighted by atomic mass is 10.1. The summed E-state index contributed by atoms with van der Waals surface area (Å²) in [5, 5.41) is 5.28. The van der Waals surface area contributed by atoms with E-state index in [9.17, 15) is 4.79 Å². The highest BCUT2D eigenvalue weighted by Crippen LogP contribution is 2.21. The number of carbonyl (C=O) groups excluding carboxylic acids is 1. The number of carbonyl (C=O) groups is 1. The Morgan fingerprint density at radius 1 is 0.931 bits per heavy atom. The topological polar surface area (TPSA) is 46.4 Å². The Labute approximate surface area is 178 Å². The average molecular weight is 446 g/mol. The van der Waals surface area contributed by atoms with Gasteiger partial charge in [0.25, 0.3) is 0 Å². The van der Waals surface area contributed by atoms with Crippen LogP contribution in [0.25, 0.3) is 10.9 Å². The van der Waals surface area contributed by atoms with Crippen LogP contribution in [0.5, 0.6) is 0 Å². The zero-order chi connectivity index (χ0) is 20.1. The second-order valence-corrected chi connectivity index (χ2v) is 7.73. The molecule has 4 rings (SSSR count). The summed E-state index contributed by atoms with van der Waals surface area (Å²) < 4.78 is 3.20. The van der Waals surface area contributed by atoms with Gasteiger partial charge in [-0.05, 0) is 29.3 Å². The molecule has 1 heterocycles. The molecular weight excluding hydrogens is 426 g/mol. The third-order valence-corrected chi connectivity index (χ3v) is 5.21. The standard InChI is InChI=1S/C24H20BrN3O/c25-21-12-10-18(11-13-21)14-24(29)27-26-15-20-17-28(16-19-6-2-1-3-7-19)23-9-5-4-8-22(20)23/h1-13,15,17H,14,16H2,(H,27,29)/b26-15-. The zero-order valence-electron chi connectivity index (χ0n) is 15.8. The van der Waals surface area contributed by atoms with Crippen LogP contribution in [0.2, 0.25) is 0 Å². The Balaban J connectivity index is 1.48. The van der Waals surface area contributed by atoms with Gasteiger partial charge in [-0.15, -0.1) is 0 Å². The highest BCUT2D eigenvalue weighted by molar-refractivity contribution is 9.10. The number of fused-ring (bicyclic) bond motifs is 1. The molecule has 0 saturated carbocycles. The van der Waals surface area contributed by atoms with Crippen LogP contribution in [0, 0.1) is 0 Å². The molecule has 4 nitrogen and oxygen atoms in total. The Morgan fingerprint density at radius 3 is 2.45 bits per heavy atom. The molecule has 0 unspecified atom stereocenters. The van der Waals surface area contributed by atoms with Crippen LogP contribution in [0.4, 0.5) is 0 Å². The summed E-state index contributed by atoms with van der Waals surface area (Å²) in [7, 11) is 0. The van der Waals surface area contributed by atoms with Crippen LogP contribution in [0.15, 0.2) is 94.6 Å². The maximum Gasteiger partial charge on any atom is 0.244 e. The number of amides is 1. The lowest BCUT2D eigenvalue weighted by molar-refractivity contribution is -0.120. The molecule has 1 amide bonds. The van der Waals surface area contributed by atoms with Crippen molar-refractivity contribution >= 4 is 39.0 Å². The first-order valence-electron chi connectivity index (χ1n) is 9.37. The number of rotatable bonds is 6. The first-order chi connectivity index (χ1) is 14.2. The van der Waals surface area contributed by atoms with Gasteiger partial charge >= 0.3 is 0 Å². The number of hydrogen-bond donors (Lipinski definition) is 1. The van der Waals surface area contributed by atoms with E-state index in [2.05, 4.69) is 61.5 Å². The van der Waals surface area contributed by atoms with E-state index in [1.54, 1.807) is 6.21 Å². The van der Waals surface area contributed by atoms with Crippen LogP contribution in [0.3, 0.4) is 0 Å². The molecule has 0 spiro atoms. The molecule has 3 aromatic carbocycles. The molecule has 0 radical (unpaired) electrons. The van der Waals surface area contributed by atoms with E-state index in [4.69, 9.17) is 0 Å². The number of hydrogen-bond acceptors (Lipinski definition) is 2. The summed E-state index contributed by atoms with van der Waals surface area (Å²) in [6, 6.07) is 26.2. The van der Waals surface area contributed by atoms with Crippen LogP contribution in [0.1, 0.15) is 16.7 Å². The van der Waals surface area contributed by atoms with Crippen LogP contribution < -0.4 is 5.43 Å². The van der Waals surface area contributed by atoms with Crippen molar-refractivity contribution in [3.8, 4) is 0 Å². The number of halogens is 1. The first-order valence-corrected chi connectivity index (χ1v) is 10.2. The van der Waals surface area contributed by atoms with Gasteiger partial charge in [-0.3, -0.25) is 4.79 Å². The molecule has 0 fully saturated rings. The second kappa shape index (κ2) is 8.88. The molecule has 0 atom stereocenters. The number of hydrazone groups is 1. The van der Waals surface area contributed by atoms with E-state index >= 15 is 0 Å². The maximum atomic E-state index is 12.2. The lowest BCUT2D eigenvalue weighted by Crippen LogP contribution is -2.19. The Kier molecular flexibility index (Phi) is 5.86. The minimum absolute atomic E-state index is 0.142. The average Bonchev–Trinajstić information content (AvgIpc) is 3.08. The van der Waals surface area contributed by atoms with E-state index in [1.165, 1.54) is 5.56 Å². The first kappa shape index (κ1) is 19.2. The molecule has 0 aliphatic carbocycles. The van der Waals surface area contributed by atoms with E-state index in [0.29, 0.717) is 6.42 Å². The van der Waals surface area contributed by atoms with E-state index in [-0.39, 0.29) is 5.91 Å². The summed E-state index contributed by atoms with van der Waals surface area (Å²) in [5.41, 5.74) is 6.92. The fourth-order valence-corrected chi connectivity index (χ4v) is 3.55. The second-order valence-electron chi connectivity index (χ2n) is 6.81. The summed E-state index contributed by atoms with van der Waals surface area (Å²) in [4.78, 5) is 12.2. The molecule has 0 saturated heterocycles. The Bertz CT molecular complexity index is 1150. The number of aromatic nitrogens is 1. The Morgan fingerprint density at radius 2 is 1.66 bits per heavy atom. The number of benzene rings is 3. The van der Waals surface area contributed by atoms with Crippen molar-refractivity contribution in [3.05, 3.63) is 106 Å². The normalized spacial score (nSPS) is 11.2. The minimum Gasteiger partial charge on any atom is -0.342 e. The van der Waals surface area contributed by atoms with Gasteiger partial charge in [-0.2, -0.15) is 5.10 Å². The smallest absolute Gasteiger partial charge is 0.244 e. The van der Waals surface area contributed by atoms with Gasteiger partial charge in [0.2, 0.25) is 5.91 Å². The number of para-hydroxylation sites is 1. The van der Waals surface area contributed by atoms with Crippen molar-refractivity contribution in [1.82, 2.24) is 9.99 Å². The molecule has 5 heteroatoms. The van der Waals surface area contributed by atoms with Crippen molar-refractivity contribution in [2.45, 2.75) is 13.0 Å². The predicted molar refractivity (Wildman–Crippen MR) is 121 cm³/mol. The molecular formula is C24H20BrN3O. The third kappa shape index (κ3) is 4.81. The monoisotopic (exact) mass is 445 g/mol. The minimum atomic E-state index is -0.142. The highest BCUT2D eigenvalue weighted by Gasteiger charge is 2.07. The molecule has 144 valence electrons. The van der Waals surface area contributed by atoms with Crippen molar-refractivity contribution in [3.63, 3.8) is 0 Å². The maximum absolute atomic E-state index is 12.2. The zero-order valence-corrected chi connectivity index (χ0v) is 17.3. The summed E-state index contributed by atoms with van der Waals surface area (Å²) in [5.74, 6) is -0.142. The third-order valence-electron chi connectivity index (χ3n) is 4.69. The molecule has 0 bridgehead atoms. The number of nitrogens with zero attached hydrogens (tertiary/aromatic N) is 2. The molecule has 29 heavy (non-hydrogen) atoms. The SMILES string of the molecule is O=C(Cc1ccc(Br)cc1)N/N=C\c1cn(Cc2ccccc2)c2ccccc12. The molecule has 0 aliphatic heterocycles. The fourth-order valence-electron chi connectivity index (χ4n) is 3.29. The largest absolute Gasteiger partial charge is 0.342 e. The van der Waals surface area contributed by atoms with Gasteiger partial charge in [0.15, 0.2) is 0 Å². The van der Waals surface area contributed by atoms with Gasteiger partial charge < -0.3 is 4.57 Å².